The van der Waals surface area contributed by atoms with Crippen molar-refractivity contribution < 1.29 is 23.9 Å². The number of nitrogens with zero attached hydrogens (tertiary/aromatic N) is 1. The predicted molar refractivity (Wildman–Crippen MR) is 133 cm³/mol. The van der Waals surface area contributed by atoms with Gasteiger partial charge in [0, 0.05) is 19.7 Å². The number of benzene rings is 1. The van der Waals surface area contributed by atoms with E-state index in [-0.39, 0.29) is 24.2 Å². The summed E-state index contributed by atoms with van der Waals surface area (Å²) < 4.78 is 12.0. The maximum atomic E-state index is 12.4. The Balaban J connectivity index is 1.84. The van der Waals surface area contributed by atoms with Crippen molar-refractivity contribution in [3.8, 4) is 0 Å². The van der Waals surface area contributed by atoms with E-state index in [1.165, 1.54) is 4.90 Å². The summed E-state index contributed by atoms with van der Waals surface area (Å²) in [5, 5.41) is 12.1. The molecule has 33 heavy (non-hydrogen) atoms. The lowest BCUT2D eigenvalue weighted by molar-refractivity contribution is 0.0936. The van der Waals surface area contributed by atoms with Crippen LogP contribution < -0.4 is 5.32 Å². The number of rotatable bonds is 9. The molecule has 0 aliphatic heterocycles. The Morgan fingerprint density at radius 2 is 1.76 bits per heavy atom. The molecular formula is C25H42N2O5Si. The fourth-order valence-electron chi connectivity index (χ4n) is 4.07. The zero-order valence-electron chi connectivity index (χ0n) is 21.1. The molecule has 8 heteroatoms. The van der Waals surface area contributed by atoms with Crippen LogP contribution in [0.25, 0.3) is 0 Å². The number of likely N-dealkylation sites (N-methyl/N-ethyl adjacent to an activating group) is 1. The number of carbonyl (C=O) groups is 2. The maximum absolute atomic E-state index is 12.4. The van der Waals surface area contributed by atoms with Gasteiger partial charge in [-0.1, -0.05) is 51.1 Å². The van der Waals surface area contributed by atoms with Crippen molar-refractivity contribution in [2.75, 3.05) is 13.6 Å². The van der Waals surface area contributed by atoms with Crippen LogP contribution in [0.1, 0.15) is 58.4 Å². The van der Waals surface area contributed by atoms with E-state index >= 15 is 0 Å². The van der Waals surface area contributed by atoms with Crippen LogP contribution in [0.15, 0.2) is 30.3 Å². The van der Waals surface area contributed by atoms with E-state index in [2.05, 4.69) is 39.2 Å². The van der Waals surface area contributed by atoms with E-state index < -0.39 is 20.5 Å². The van der Waals surface area contributed by atoms with Crippen molar-refractivity contribution in [1.82, 2.24) is 10.2 Å². The second-order valence-electron chi connectivity index (χ2n) is 10.8. The molecule has 0 aromatic heterocycles. The molecule has 1 saturated carbocycles. The standard InChI is InChI=1S/C25H42N2O5Si/c1-25(2,3)33(5,6)32-22-14-12-19(13-15-22)16-21(26-23(28)29)17-27(4)24(30)31-18-20-10-8-7-9-11-20/h7-11,19,21-22,26H,12-18H2,1-6H3,(H,28,29). The molecule has 0 bridgehead atoms. The van der Waals surface area contributed by atoms with E-state index in [1.807, 2.05) is 30.3 Å². The first kappa shape index (κ1) is 27.2. The third kappa shape index (κ3) is 9.01. The molecule has 0 spiro atoms. The van der Waals surface area contributed by atoms with Crippen LogP contribution in [0.2, 0.25) is 18.1 Å². The van der Waals surface area contributed by atoms with Crippen molar-refractivity contribution >= 4 is 20.5 Å². The normalized spacial score (nSPS) is 20.1. The smallest absolute Gasteiger partial charge is 0.409 e. The fraction of sp³-hybridized carbons (Fsp3) is 0.680. The average molecular weight is 479 g/mol. The van der Waals surface area contributed by atoms with Gasteiger partial charge in [0.1, 0.15) is 6.61 Å². The minimum atomic E-state index is -1.78. The first-order valence-electron chi connectivity index (χ1n) is 12.0. The lowest BCUT2D eigenvalue weighted by atomic mass is 9.83. The highest BCUT2D eigenvalue weighted by Crippen LogP contribution is 2.40. The topological polar surface area (TPSA) is 88.1 Å². The third-order valence-corrected chi connectivity index (χ3v) is 11.6. The monoisotopic (exact) mass is 478 g/mol. The largest absolute Gasteiger partial charge is 0.465 e. The molecule has 1 aliphatic carbocycles. The Morgan fingerprint density at radius 3 is 2.30 bits per heavy atom. The van der Waals surface area contributed by atoms with E-state index in [4.69, 9.17) is 9.16 Å². The van der Waals surface area contributed by atoms with Crippen LogP contribution >= 0.6 is 0 Å². The number of nitrogens with one attached hydrogen (secondary N) is 1. The number of hydrogen-bond acceptors (Lipinski definition) is 4. The Labute approximate surface area is 200 Å². The van der Waals surface area contributed by atoms with Crippen molar-refractivity contribution in [2.45, 2.75) is 89.8 Å². The van der Waals surface area contributed by atoms with Gasteiger partial charge in [-0.2, -0.15) is 0 Å². The summed E-state index contributed by atoms with van der Waals surface area (Å²) in [6.07, 6.45) is 3.51. The summed E-state index contributed by atoms with van der Waals surface area (Å²) in [4.78, 5) is 25.2. The Kier molecular flexibility index (Phi) is 9.79. The van der Waals surface area contributed by atoms with Gasteiger partial charge in [-0.05, 0) is 61.7 Å². The van der Waals surface area contributed by atoms with Gasteiger partial charge in [-0.3, -0.25) is 0 Å². The SMILES string of the molecule is CN(CC(CC1CCC(O[Si](C)(C)C(C)(C)C)CC1)NC(=O)O)C(=O)OCc1ccccc1. The highest BCUT2D eigenvalue weighted by atomic mass is 28.4. The second kappa shape index (κ2) is 11.9. The van der Waals surface area contributed by atoms with Gasteiger partial charge in [0.25, 0.3) is 0 Å². The minimum Gasteiger partial charge on any atom is -0.465 e. The highest BCUT2D eigenvalue weighted by Gasteiger charge is 2.40. The molecule has 2 amide bonds. The molecule has 186 valence electrons. The molecule has 0 heterocycles. The van der Waals surface area contributed by atoms with Crippen LogP contribution in [-0.2, 0) is 15.8 Å². The van der Waals surface area contributed by atoms with Crippen molar-refractivity contribution in [2.24, 2.45) is 5.92 Å². The number of carboxylic acid groups (broad SMARTS) is 1. The Morgan fingerprint density at radius 1 is 1.15 bits per heavy atom. The van der Waals surface area contributed by atoms with Gasteiger partial charge in [0.05, 0.1) is 6.04 Å². The van der Waals surface area contributed by atoms with Crippen molar-refractivity contribution in [3.63, 3.8) is 0 Å². The second-order valence-corrected chi connectivity index (χ2v) is 15.6. The van der Waals surface area contributed by atoms with Crippen LogP contribution in [-0.4, -0.2) is 56.2 Å². The summed E-state index contributed by atoms with van der Waals surface area (Å²) in [6.45, 7) is 11.8. The lowest BCUT2D eigenvalue weighted by Crippen LogP contribution is -2.46. The number of carbonyl (C=O) groups excluding carboxylic acids is 1. The van der Waals surface area contributed by atoms with Gasteiger partial charge in [0.15, 0.2) is 8.32 Å². The van der Waals surface area contributed by atoms with Crippen LogP contribution in [0.3, 0.4) is 0 Å². The van der Waals surface area contributed by atoms with E-state index in [0.29, 0.717) is 18.4 Å². The summed E-state index contributed by atoms with van der Waals surface area (Å²) in [6, 6.07) is 9.16. The van der Waals surface area contributed by atoms with Gasteiger partial charge < -0.3 is 24.5 Å². The molecule has 0 saturated heterocycles. The zero-order chi connectivity index (χ0) is 24.6. The van der Waals surface area contributed by atoms with Gasteiger partial charge in [0.2, 0.25) is 0 Å². The average Bonchev–Trinajstić information content (AvgIpc) is 2.72. The minimum absolute atomic E-state index is 0.194. The molecular weight excluding hydrogens is 436 g/mol. The van der Waals surface area contributed by atoms with Crippen molar-refractivity contribution in [3.05, 3.63) is 35.9 Å². The van der Waals surface area contributed by atoms with Gasteiger partial charge >= 0.3 is 12.2 Å². The maximum Gasteiger partial charge on any atom is 0.409 e. The molecule has 0 radical (unpaired) electrons. The molecule has 1 unspecified atom stereocenters. The first-order chi connectivity index (χ1) is 15.4. The summed E-state index contributed by atoms with van der Waals surface area (Å²) in [5.41, 5.74) is 0.913. The van der Waals surface area contributed by atoms with Crippen LogP contribution in [0, 0.1) is 5.92 Å². The Hall–Kier alpha value is -2.06. The fourth-order valence-corrected chi connectivity index (χ4v) is 5.49. The highest BCUT2D eigenvalue weighted by molar-refractivity contribution is 6.74. The summed E-state index contributed by atoms with van der Waals surface area (Å²) in [5.74, 6) is 0.412. The lowest BCUT2D eigenvalue weighted by Gasteiger charge is -2.41. The number of hydrogen-bond donors (Lipinski definition) is 2. The molecule has 1 fully saturated rings. The van der Waals surface area contributed by atoms with Gasteiger partial charge in [-0.15, -0.1) is 0 Å². The quantitative estimate of drug-likeness (QED) is 0.434. The molecule has 7 nitrogen and oxygen atoms in total. The third-order valence-electron chi connectivity index (χ3n) is 7.02. The van der Waals surface area contributed by atoms with Gasteiger partial charge in [-0.25, -0.2) is 9.59 Å². The number of amides is 2. The van der Waals surface area contributed by atoms with E-state index in [9.17, 15) is 14.7 Å². The zero-order valence-corrected chi connectivity index (χ0v) is 22.1. The summed E-state index contributed by atoms with van der Waals surface area (Å²) >= 11 is 0. The molecule has 2 rings (SSSR count). The van der Waals surface area contributed by atoms with Crippen LogP contribution in [0.4, 0.5) is 9.59 Å². The first-order valence-corrected chi connectivity index (χ1v) is 14.9. The molecule has 1 aliphatic rings. The molecule has 1 aromatic carbocycles. The molecule has 1 atom stereocenters. The Bertz CT molecular complexity index is 758. The number of ether oxygens (including phenoxy) is 1. The summed E-state index contributed by atoms with van der Waals surface area (Å²) in [7, 11) is -0.137. The van der Waals surface area contributed by atoms with Crippen LogP contribution in [0.5, 0.6) is 0 Å². The van der Waals surface area contributed by atoms with E-state index in [1.54, 1.807) is 7.05 Å². The van der Waals surface area contributed by atoms with E-state index in [0.717, 1.165) is 31.2 Å². The van der Waals surface area contributed by atoms with Crippen molar-refractivity contribution in [1.29, 1.82) is 0 Å². The molecule has 1 aromatic rings. The molecule has 2 N–H and O–H groups in total. The predicted octanol–water partition coefficient (Wildman–Crippen LogP) is 5.86.